The molecule has 0 spiro atoms. The molecule has 0 bridgehead atoms. The number of rotatable bonds is 3. The Kier molecular flexibility index (Phi) is 4.24. The number of hydrogen-bond donors (Lipinski definition) is 2. The van der Waals surface area contributed by atoms with E-state index in [0.717, 1.165) is 5.56 Å². The molecule has 0 radical (unpaired) electrons. The van der Waals surface area contributed by atoms with Gasteiger partial charge in [0.05, 0.1) is 11.1 Å². The van der Waals surface area contributed by atoms with Crippen LogP contribution >= 0.6 is 23.2 Å². The molecule has 0 fully saturated rings. The lowest BCUT2D eigenvalue weighted by Gasteiger charge is -2.13. The second-order valence-corrected chi connectivity index (χ2v) is 3.81. The predicted molar refractivity (Wildman–Crippen MR) is 60.4 cm³/mol. The van der Waals surface area contributed by atoms with Crippen LogP contribution in [0.3, 0.4) is 0 Å². The normalized spacial score (nSPS) is 12.2. The zero-order valence-corrected chi connectivity index (χ0v) is 9.64. The number of nitrogens with one attached hydrogen (secondary N) is 1. The molecule has 1 aromatic rings. The molecule has 0 aliphatic heterocycles. The summed E-state index contributed by atoms with van der Waals surface area (Å²) in [6, 6.07) is 4.60. The highest BCUT2D eigenvalue weighted by Crippen LogP contribution is 2.26. The van der Waals surface area contributed by atoms with Gasteiger partial charge in [0, 0.05) is 0 Å². The van der Waals surface area contributed by atoms with Crippen LogP contribution in [-0.2, 0) is 4.79 Å². The summed E-state index contributed by atoms with van der Waals surface area (Å²) in [6.45, 7) is 1.81. The first-order valence-corrected chi connectivity index (χ1v) is 5.29. The van der Waals surface area contributed by atoms with E-state index in [4.69, 9.17) is 23.2 Å². The number of halogens is 2. The zero-order valence-electron chi connectivity index (χ0n) is 8.13. The van der Waals surface area contributed by atoms with Crippen molar-refractivity contribution in [1.29, 1.82) is 0 Å². The highest BCUT2D eigenvalue weighted by atomic mass is 35.5. The van der Waals surface area contributed by atoms with Gasteiger partial charge in [-0.25, -0.2) is 0 Å². The van der Waals surface area contributed by atoms with Crippen LogP contribution in [0.15, 0.2) is 18.2 Å². The Hall–Kier alpha value is -0.930. The van der Waals surface area contributed by atoms with E-state index in [9.17, 15) is 9.90 Å². The molecule has 1 amide bonds. The summed E-state index contributed by atoms with van der Waals surface area (Å²) in [6.07, 6.45) is 0. The Labute approximate surface area is 98.0 Å². The van der Waals surface area contributed by atoms with Crippen molar-refractivity contribution in [2.24, 2.45) is 0 Å². The van der Waals surface area contributed by atoms with E-state index < -0.39 is 0 Å². The van der Waals surface area contributed by atoms with Crippen LogP contribution in [0.1, 0.15) is 18.5 Å². The molecule has 82 valence electrons. The average molecular weight is 248 g/mol. The number of hydrogen-bond acceptors (Lipinski definition) is 2. The first-order chi connectivity index (χ1) is 7.04. The lowest BCUT2D eigenvalue weighted by atomic mass is 10.1. The number of amides is 1. The molecular weight excluding hydrogens is 237 g/mol. The number of benzene rings is 1. The molecular formula is C10H11Cl2NO2. The summed E-state index contributed by atoms with van der Waals surface area (Å²) in [5.41, 5.74) is 0.816. The molecule has 1 aromatic carbocycles. The topological polar surface area (TPSA) is 49.3 Å². The van der Waals surface area contributed by atoms with Crippen LogP contribution < -0.4 is 5.32 Å². The average Bonchev–Trinajstić information content (AvgIpc) is 2.21. The van der Waals surface area contributed by atoms with Crippen molar-refractivity contribution in [3.63, 3.8) is 0 Å². The van der Waals surface area contributed by atoms with Crippen molar-refractivity contribution in [1.82, 2.24) is 5.32 Å². The number of carbonyl (C=O) groups excluding carboxylic acids is 1. The van der Waals surface area contributed by atoms with Crippen molar-refractivity contribution in [2.75, 3.05) is 5.88 Å². The van der Waals surface area contributed by atoms with Crippen LogP contribution in [-0.4, -0.2) is 16.9 Å². The van der Waals surface area contributed by atoms with E-state index >= 15 is 0 Å². The van der Waals surface area contributed by atoms with Crippen LogP contribution in [0, 0.1) is 0 Å². The SMILES string of the molecule is CC(NC(=O)CCl)c1ccc(O)c(Cl)c1. The maximum Gasteiger partial charge on any atom is 0.235 e. The van der Waals surface area contributed by atoms with Crippen LogP contribution in [0.5, 0.6) is 5.75 Å². The van der Waals surface area contributed by atoms with Crippen molar-refractivity contribution < 1.29 is 9.90 Å². The minimum absolute atomic E-state index is 0.0243. The van der Waals surface area contributed by atoms with Gasteiger partial charge in [0.2, 0.25) is 5.91 Å². The van der Waals surface area contributed by atoms with Crippen LogP contribution in [0.4, 0.5) is 0 Å². The van der Waals surface area contributed by atoms with Crippen LogP contribution in [0.25, 0.3) is 0 Å². The van der Waals surface area contributed by atoms with Gasteiger partial charge in [0.15, 0.2) is 0 Å². The number of phenolic OH excluding ortho intramolecular Hbond substituents is 1. The smallest absolute Gasteiger partial charge is 0.235 e. The van der Waals surface area contributed by atoms with Crippen molar-refractivity contribution in [3.8, 4) is 5.75 Å². The first kappa shape index (κ1) is 12.1. The van der Waals surface area contributed by atoms with Crippen molar-refractivity contribution in [2.45, 2.75) is 13.0 Å². The number of carbonyl (C=O) groups is 1. The van der Waals surface area contributed by atoms with E-state index in [1.165, 1.54) is 6.07 Å². The zero-order chi connectivity index (χ0) is 11.4. The molecule has 1 unspecified atom stereocenters. The highest BCUT2D eigenvalue weighted by Gasteiger charge is 2.10. The first-order valence-electron chi connectivity index (χ1n) is 4.38. The molecule has 3 nitrogen and oxygen atoms in total. The van der Waals surface area contributed by atoms with Crippen molar-refractivity contribution in [3.05, 3.63) is 28.8 Å². The minimum atomic E-state index is -0.242. The van der Waals surface area contributed by atoms with Gasteiger partial charge in [-0.1, -0.05) is 17.7 Å². The second-order valence-electron chi connectivity index (χ2n) is 3.13. The van der Waals surface area contributed by atoms with E-state index in [1.54, 1.807) is 12.1 Å². The summed E-state index contributed by atoms with van der Waals surface area (Å²) in [4.78, 5) is 11.0. The van der Waals surface area contributed by atoms with Crippen molar-refractivity contribution >= 4 is 29.1 Å². The van der Waals surface area contributed by atoms with Gasteiger partial charge >= 0.3 is 0 Å². The van der Waals surface area contributed by atoms with Gasteiger partial charge in [-0.05, 0) is 24.6 Å². The van der Waals surface area contributed by atoms with Gasteiger partial charge in [0.1, 0.15) is 11.6 Å². The van der Waals surface area contributed by atoms with E-state index in [0.29, 0.717) is 0 Å². The van der Waals surface area contributed by atoms with E-state index in [1.807, 2.05) is 6.92 Å². The molecule has 0 aromatic heterocycles. The summed E-state index contributed by atoms with van der Waals surface area (Å²) in [5.74, 6) is -0.291. The summed E-state index contributed by atoms with van der Waals surface area (Å²) in [5, 5.41) is 12.2. The third-order valence-corrected chi connectivity index (χ3v) is 2.52. The molecule has 5 heteroatoms. The van der Waals surface area contributed by atoms with Crippen LogP contribution in [0.2, 0.25) is 5.02 Å². The fourth-order valence-electron chi connectivity index (χ4n) is 1.16. The van der Waals surface area contributed by atoms with E-state index in [-0.39, 0.29) is 28.6 Å². The van der Waals surface area contributed by atoms with Gasteiger partial charge in [-0.15, -0.1) is 11.6 Å². The Morgan fingerprint density at radius 1 is 1.60 bits per heavy atom. The fraction of sp³-hybridized carbons (Fsp3) is 0.300. The van der Waals surface area contributed by atoms with Gasteiger partial charge in [0.25, 0.3) is 0 Å². The Bertz CT molecular complexity index is 368. The van der Waals surface area contributed by atoms with Gasteiger partial charge in [-0.3, -0.25) is 4.79 Å². The van der Waals surface area contributed by atoms with Gasteiger partial charge < -0.3 is 10.4 Å². The minimum Gasteiger partial charge on any atom is -0.506 e. The Morgan fingerprint density at radius 3 is 2.80 bits per heavy atom. The number of alkyl halides is 1. The molecule has 0 aliphatic rings. The Balaban J connectivity index is 2.78. The second kappa shape index (κ2) is 5.24. The molecule has 0 saturated carbocycles. The summed E-state index contributed by atoms with van der Waals surface area (Å²) in [7, 11) is 0. The highest BCUT2D eigenvalue weighted by molar-refractivity contribution is 6.32. The largest absolute Gasteiger partial charge is 0.506 e. The van der Waals surface area contributed by atoms with E-state index in [2.05, 4.69) is 5.32 Å². The monoisotopic (exact) mass is 247 g/mol. The molecule has 2 N–H and O–H groups in total. The molecule has 1 atom stereocenters. The summed E-state index contributed by atoms with van der Waals surface area (Å²) < 4.78 is 0. The molecule has 0 saturated heterocycles. The standard InChI is InChI=1S/C10H11Cl2NO2/c1-6(13-10(15)5-11)7-2-3-9(14)8(12)4-7/h2-4,6,14H,5H2,1H3,(H,13,15). The Morgan fingerprint density at radius 2 is 2.27 bits per heavy atom. The molecule has 1 rings (SSSR count). The number of aromatic hydroxyl groups is 1. The molecule has 0 aliphatic carbocycles. The molecule has 0 heterocycles. The molecule has 15 heavy (non-hydrogen) atoms. The maximum atomic E-state index is 11.0. The third kappa shape index (κ3) is 3.29. The maximum absolute atomic E-state index is 11.0. The lowest BCUT2D eigenvalue weighted by Crippen LogP contribution is -2.27. The van der Waals surface area contributed by atoms with Gasteiger partial charge in [-0.2, -0.15) is 0 Å². The third-order valence-electron chi connectivity index (χ3n) is 1.97. The summed E-state index contributed by atoms with van der Waals surface area (Å²) >= 11 is 11.1. The predicted octanol–water partition coefficient (Wildman–Crippen LogP) is 2.46. The lowest BCUT2D eigenvalue weighted by molar-refractivity contribution is -0.119. The quantitative estimate of drug-likeness (QED) is 0.807. The fourth-order valence-corrected chi connectivity index (χ4v) is 1.42. The number of phenols is 1.